The average Bonchev–Trinajstić information content (AvgIpc) is 3.05. The second kappa shape index (κ2) is 9.40. The van der Waals surface area contributed by atoms with Crippen LogP contribution in [-0.2, 0) is 11.3 Å². The molecule has 31 heavy (non-hydrogen) atoms. The lowest BCUT2D eigenvalue weighted by molar-refractivity contribution is 0.142. The van der Waals surface area contributed by atoms with E-state index < -0.39 is 12.2 Å². The molecule has 0 aliphatic heterocycles. The number of rotatable bonds is 7. The SMILES string of the molecule is C=CC(C)OC(=O)Nc1cccc(-c2c(C#N)c3ccc(OC(C)C)cc3n2CC)c1. The van der Waals surface area contributed by atoms with Gasteiger partial charge < -0.3 is 14.0 Å². The summed E-state index contributed by atoms with van der Waals surface area (Å²) in [5.41, 5.74) is 3.74. The number of carbonyl (C=O) groups excluding carboxylic acids is 1. The van der Waals surface area contributed by atoms with Gasteiger partial charge in [-0.3, -0.25) is 5.32 Å². The molecule has 3 rings (SSSR count). The van der Waals surface area contributed by atoms with Gasteiger partial charge in [-0.05, 0) is 52.0 Å². The van der Waals surface area contributed by atoms with Gasteiger partial charge in [0.1, 0.15) is 17.9 Å². The van der Waals surface area contributed by atoms with Crippen molar-refractivity contribution in [3.63, 3.8) is 0 Å². The second-order valence-electron chi connectivity index (χ2n) is 7.48. The number of amides is 1. The molecule has 1 N–H and O–H groups in total. The lowest BCUT2D eigenvalue weighted by Crippen LogP contribution is -2.18. The Kier molecular flexibility index (Phi) is 6.66. The number of benzene rings is 2. The molecule has 160 valence electrons. The van der Waals surface area contributed by atoms with Crippen LogP contribution in [0.15, 0.2) is 55.1 Å². The van der Waals surface area contributed by atoms with Gasteiger partial charge in [-0.15, -0.1) is 0 Å². The van der Waals surface area contributed by atoms with Crippen LogP contribution < -0.4 is 10.1 Å². The molecule has 2 aromatic carbocycles. The zero-order chi connectivity index (χ0) is 22.5. The minimum atomic E-state index is -0.559. The number of aromatic nitrogens is 1. The molecule has 3 aromatic rings. The quantitative estimate of drug-likeness (QED) is 0.471. The Balaban J connectivity index is 2.07. The molecular formula is C25H27N3O3. The molecule has 0 radical (unpaired) electrons. The summed E-state index contributed by atoms with van der Waals surface area (Å²) in [6, 6.07) is 15.5. The molecule has 1 unspecified atom stereocenters. The van der Waals surface area contributed by atoms with Crippen LogP contribution in [0.5, 0.6) is 5.75 Å². The molecule has 0 saturated carbocycles. The van der Waals surface area contributed by atoms with E-state index in [0.717, 1.165) is 27.9 Å². The zero-order valence-corrected chi connectivity index (χ0v) is 18.3. The van der Waals surface area contributed by atoms with Gasteiger partial charge in [-0.1, -0.05) is 24.8 Å². The Morgan fingerprint density at radius 3 is 2.68 bits per heavy atom. The minimum absolute atomic E-state index is 0.0590. The van der Waals surface area contributed by atoms with E-state index in [-0.39, 0.29) is 6.10 Å². The Morgan fingerprint density at radius 2 is 2.03 bits per heavy atom. The predicted octanol–water partition coefficient (Wildman–Crippen LogP) is 6.11. The third kappa shape index (κ3) is 4.72. The summed E-state index contributed by atoms with van der Waals surface area (Å²) in [5.74, 6) is 0.764. The van der Waals surface area contributed by atoms with Crippen molar-refractivity contribution in [2.45, 2.75) is 46.4 Å². The Labute approximate surface area is 182 Å². The summed E-state index contributed by atoms with van der Waals surface area (Å²) in [6.07, 6.45) is 0.658. The molecule has 1 heterocycles. The summed E-state index contributed by atoms with van der Waals surface area (Å²) < 4.78 is 13.1. The van der Waals surface area contributed by atoms with Crippen LogP contribution in [0.1, 0.15) is 33.3 Å². The van der Waals surface area contributed by atoms with E-state index in [1.807, 2.05) is 57.2 Å². The summed E-state index contributed by atoms with van der Waals surface area (Å²) in [5, 5.41) is 13.6. The molecule has 0 aliphatic rings. The number of anilines is 1. The van der Waals surface area contributed by atoms with Crippen molar-refractivity contribution in [3.05, 3.63) is 60.7 Å². The number of nitriles is 1. The maximum atomic E-state index is 12.1. The smallest absolute Gasteiger partial charge is 0.412 e. The lowest BCUT2D eigenvalue weighted by Gasteiger charge is -2.13. The zero-order valence-electron chi connectivity index (χ0n) is 18.3. The molecule has 1 amide bonds. The molecular weight excluding hydrogens is 390 g/mol. The number of nitrogens with one attached hydrogen (secondary N) is 1. The number of aryl methyl sites for hydroxylation is 1. The summed E-state index contributed by atoms with van der Waals surface area (Å²) in [6.45, 7) is 12.0. The summed E-state index contributed by atoms with van der Waals surface area (Å²) >= 11 is 0. The largest absolute Gasteiger partial charge is 0.491 e. The highest BCUT2D eigenvalue weighted by molar-refractivity contribution is 5.96. The van der Waals surface area contributed by atoms with Gasteiger partial charge >= 0.3 is 6.09 Å². The molecule has 0 aliphatic carbocycles. The number of hydrogen-bond donors (Lipinski definition) is 1. The van der Waals surface area contributed by atoms with Crippen molar-refractivity contribution >= 4 is 22.7 Å². The third-order valence-electron chi connectivity index (χ3n) is 4.84. The van der Waals surface area contributed by atoms with Gasteiger partial charge in [0, 0.05) is 29.2 Å². The van der Waals surface area contributed by atoms with Gasteiger partial charge in [0.15, 0.2) is 0 Å². The van der Waals surface area contributed by atoms with Gasteiger partial charge in [0.25, 0.3) is 0 Å². The van der Waals surface area contributed by atoms with Gasteiger partial charge in [0.05, 0.1) is 22.9 Å². The van der Waals surface area contributed by atoms with Gasteiger partial charge in [-0.25, -0.2) is 4.79 Å². The highest BCUT2D eigenvalue weighted by Crippen LogP contribution is 2.36. The number of ether oxygens (including phenoxy) is 2. The van der Waals surface area contributed by atoms with Crippen LogP contribution in [0.25, 0.3) is 22.2 Å². The standard InChI is InChI=1S/C25H27N3O3/c1-6-17(5)31-25(29)27-19-10-8-9-18(13-19)24-22(15-26)21-12-11-20(30-16(3)4)14-23(21)28(24)7-2/h6,8-14,16-17H,1,7H2,2-5H3,(H,27,29). The van der Waals surface area contributed by atoms with E-state index in [9.17, 15) is 10.1 Å². The van der Waals surface area contributed by atoms with Crippen molar-refractivity contribution in [2.75, 3.05) is 5.32 Å². The monoisotopic (exact) mass is 417 g/mol. The lowest BCUT2D eigenvalue weighted by atomic mass is 10.1. The van der Waals surface area contributed by atoms with Crippen molar-refractivity contribution in [1.82, 2.24) is 4.57 Å². The molecule has 0 bridgehead atoms. The van der Waals surface area contributed by atoms with Crippen molar-refractivity contribution in [1.29, 1.82) is 5.26 Å². The van der Waals surface area contributed by atoms with Gasteiger partial charge in [-0.2, -0.15) is 5.26 Å². The van der Waals surface area contributed by atoms with E-state index in [4.69, 9.17) is 9.47 Å². The van der Waals surface area contributed by atoms with Crippen LogP contribution in [0.4, 0.5) is 10.5 Å². The van der Waals surface area contributed by atoms with E-state index in [2.05, 4.69) is 22.5 Å². The molecule has 6 nitrogen and oxygen atoms in total. The maximum Gasteiger partial charge on any atom is 0.412 e. The summed E-state index contributed by atoms with van der Waals surface area (Å²) in [7, 11) is 0. The molecule has 0 spiro atoms. The van der Waals surface area contributed by atoms with Crippen LogP contribution in [0.3, 0.4) is 0 Å². The van der Waals surface area contributed by atoms with Crippen LogP contribution in [0.2, 0.25) is 0 Å². The fourth-order valence-corrected chi connectivity index (χ4v) is 3.52. The topological polar surface area (TPSA) is 76.3 Å². The maximum absolute atomic E-state index is 12.1. The second-order valence-corrected chi connectivity index (χ2v) is 7.48. The minimum Gasteiger partial charge on any atom is -0.491 e. The number of nitrogens with zero attached hydrogens (tertiary/aromatic N) is 2. The fourth-order valence-electron chi connectivity index (χ4n) is 3.52. The first-order chi connectivity index (χ1) is 14.9. The molecule has 1 atom stereocenters. The molecule has 0 saturated heterocycles. The first-order valence-corrected chi connectivity index (χ1v) is 10.3. The van der Waals surface area contributed by atoms with Crippen molar-refractivity contribution in [2.24, 2.45) is 0 Å². The average molecular weight is 418 g/mol. The first-order valence-electron chi connectivity index (χ1n) is 10.3. The van der Waals surface area contributed by atoms with Crippen LogP contribution >= 0.6 is 0 Å². The van der Waals surface area contributed by atoms with Crippen LogP contribution in [0, 0.1) is 11.3 Å². The Morgan fingerprint density at radius 1 is 1.26 bits per heavy atom. The molecule has 1 aromatic heterocycles. The Bertz CT molecular complexity index is 1150. The predicted molar refractivity (Wildman–Crippen MR) is 123 cm³/mol. The van der Waals surface area contributed by atoms with Gasteiger partial charge in [0.2, 0.25) is 0 Å². The first kappa shape index (κ1) is 22.0. The Hall–Kier alpha value is -3.72. The van der Waals surface area contributed by atoms with E-state index in [1.165, 1.54) is 0 Å². The third-order valence-corrected chi connectivity index (χ3v) is 4.84. The van der Waals surface area contributed by atoms with Crippen LogP contribution in [-0.4, -0.2) is 22.9 Å². The van der Waals surface area contributed by atoms with E-state index >= 15 is 0 Å². The number of hydrogen-bond acceptors (Lipinski definition) is 4. The van der Waals surface area contributed by atoms with Crippen molar-refractivity contribution < 1.29 is 14.3 Å². The molecule has 6 heteroatoms. The highest BCUT2D eigenvalue weighted by Gasteiger charge is 2.19. The van der Waals surface area contributed by atoms with Crippen molar-refractivity contribution in [3.8, 4) is 23.1 Å². The number of carbonyl (C=O) groups is 1. The number of fused-ring (bicyclic) bond motifs is 1. The highest BCUT2D eigenvalue weighted by atomic mass is 16.6. The van der Waals surface area contributed by atoms with E-state index in [1.54, 1.807) is 19.1 Å². The summed E-state index contributed by atoms with van der Waals surface area (Å²) in [4.78, 5) is 12.1. The fraction of sp³-hybridized carbons (Fsp3) is 0.280. The van der Waals surface area contributed by atoms with E-state index in [0.29, 0.717) is 17.8 Å². The molecule has 0 fully saturated rings. The normalized spacial score (nSPS) is 11.7.